The fraction of sp³-hybridized carbons (Fsp3) is 0.250. The van der Waals surface area contributed by atoms with Gasteiger partial charge in [0.25, 0.3) is 0 Å². The minimum absolute atomic E-state index is 0.0103. The van der Waals surface area contributed by atoms with Crippen LogP contribution in [0.25, 0.3) is 0 Å². The van der Waals surface area contributed by atoms with E-state index in [1.807, 2.05) is 0 Å². The third-order valence-electron chi connectivity index (χ3n) is 3.96. The van der Waals surface area contributed by atoms with Crippen LogP contribution in [0, 0.1) is 3.57 Å². The van der Waals surface area contributed by atoms with Crippen LogP contribution < -0.4 is 9.47 Å². The highest BCUT2D eigenvalue weighted by atomic mass is 127. The van der Waals surface area contributed by atoms with E-state index >= 15 is 0 Å². The molecule has 0 saturated carbocycles. The molecule has 8 nitrogen and oxygen atoms in total. The van der Waals surface area contributed by atoms with Crippen LogP contribution in [0.5, 0.6) is 17.2 Å². The number of hydrazone groups is 1. The van der Waals surface area contributed by atoms with E-state index in [4.69, 9.17) is 14.2 Å². The Kier molecular flexibility index (Phi) is 6.26. The van der Waals surface area contributed by atoms with Crippen molar-refractivity contribution in [2.75, 3.05) is 6.61 Å². The summed E-state index contributed by atoms with van der Waals surface area (Å²) in [5.74, 6) is -0.0969. The van der Waals surface area contributed by atoms with Crippen molar-refractivity contribution >= 4 is 40.4 Å². The molecule has 2 aromatic rings. The lowest BCUT2D eigenvalue weighted by Crippen LogP contribution is -2.26. The lowest BCUT2D eigenvalue weighted by atomic mass is 10.1. The molecule has 0 aromatic heterocycles. The SMILES string of the molecule is CCOc1cc(C2=NN(C(C)=O)[C@@H](c3cc(I)ccc3OC(C)=O)O2)ccc1O. The summed E-state index contributed by atoms with van der Waals surface area (Å²) in [6.07, 6.45) is -0.907. The van der Waals surface area contributed by atoms with Crippen LogP contribution in [0.2, 0.25) is 0 Å². The smallest absolute Gasteiger partial charge is 0.308 e. The van der Waals surface area contributed by atoms with Crippen molar-refractivity contribution in [1.82, 2.24) is 5.01 Å². The van der Waals surface area contributed by atoms with Crippen LogP contribution in [0.3, 0.4) is 0 Å². The summed E-state index contributed by atoms with van der Waals surface area (Å²) in [4.78, 5) is 23.7. The third-order valence-corrected chi connectivity index (χ3v) is 4.64. The number of carbonyl (C=O) groups excluding carboxylic acids is 2. The van der Waals surface area contributed by atoms with E-state index in [-0.39, 0.29) is 29.1 Å². The van der Waals surface area contributed by atoms with E-state index in [2.05, 4.69) is 27.7 Å². The summed E-state index contributed by atoms with van der Waals surface area (Å²) in [5.41, 5.74) is 1.02. The highest BCUT2D eigenvalue weighted by molar-refractivity contribution is 14.1. The first kappa shape index (κ1) is 20.9. The Morgan fingerprint density at radius 2 is 1.97 bits per heavy atom. The number of ether oxygens (including phenoxy) is 3. The van der Waals surface area contributed by atoms with Gasteiger partial charge >= 0.3 is 5.97 Å². The molecule has 0 aliphatic carbocycles. The number of hydrogen-bond acceptors (Lipinski definition) is 7. The van der Waals surface area contributed by atoms with Gasteiger partial charge in [0.1, 0.15) is 5.75 Å². The summed E-state index contributed by atoms with van der Waals surface area (Å²) in [6.45, 7) is 4.84. The first-order valence-corrected chi connectivity index (χ1v) is 9.87. The molecule has 0 unspecified atom stereocenters. The van der Waals surface area contributed by atoms with Crippen molar-refractivity contribution in [3.63, 3.8) is 0 Å². The number of hydrogen-bond donors (Lipinski definition) is 1. The topological polar surface area (TPSA) is 97.7 Å². The summed E-state index contributed by atoms with van der Waals surface area (Å²) >= 11 is 2.12. The molecule has 152 valence electrons. The number of phenols is 1. The number of carbonyl (C=O) groups is 2. The van der Waals surface area contributed by atoms with E-state index in [0.29, 0.717) is 17.7 Å². The van der Waals surface area contributed by atoms with Gasteiger partial charge in [-0.05, 0) is 65.9 Å². The Hall–Kier alpha value is -2.82. The van der Waals surface area contributed by atoms with E-state index in [1.54, 1.807) is 37.3 Å². The number of rotatable bonds is 5. The zero-order valence-electron chi connectivity index (χ0n) is 16.0. The third kappa shape index (κ3) is 4.61. The van der Waals surface area contributed by atoms with Crippen molar-refractivity contribution in [2.45, 2.75) is 27.0 Å². The second-order valence-corrected chi connectivity index (χ2v) is 7.38. The van der Waals surface area contributed by atoms with Crippen LogP contribution in [-0.2, 0) is 14.3 Å². The predicted octanol–water partition coefficient (Wildman–Crippen LogP) is 3.56. The van der Waals surface area contributed by atoms with Gasteiger partial charge in [0.05, 0.1) is 12.2 Å². The zero-order valence-corrected chi connectivity index (χ0v) is 18.2. The quantitative estimate of drug-likeness (QED) is 0.376. The second-order valence-electron chi connectivity index (χ2n) is 6.13. The first-order chi connectivity index (χ1) is 13.8. The Labute approximate surface area is 181 Å². The Morgan fingerprint density at radius 3 is 2.62 bits per heavy atom. The molecule has 1 atom stereocenters. The molecule has 1 heterocycles. The number of esters is 1. The zero-order chi connectivity index (χ0) is 21.1. The molecule has 0 bridgehead atoms. The maximum atomic E-state index is 12.2. The summed E-state index contributed by atoms with van der Waals surface area (Å²) < 4.78 is 17.5. The van der Waals surface area contributed by atoms with Crippen molar-refractivity contribution < 1.29 is 28.9 Å². The molecule has 0 saturated heterocycles. The van der Waals surface area contributed by atoms with Crippen LogP contribution in [0.15, 0.2) is 41.5 Å². The van der Waals surface area contributed by atoms with Gasteiger partial charge < -0.3 is 19.3 Å². The number of benzene rings is 2. The average molecular weight is 510 g/mol. The standard InChI is InChI=1S/C20H19IN2O6/c1-4-27-18-9-13(5-7-16(18)26)19-22-23(11(2)24)20(29-19)15-10-14(21)6-8-17(15)28-12(3)25/h5-10,20,26H,4H2,1-3H3/t20-/m1/s1. The van der Waals surface area contributed by atoms with Gasteiger partial charge in [-0.2, -0.15) is 5.01 Å². The fourth-order valence-electron chi connectivity index (χ4n) is 2.76. The molecule has 1 amide bonds. The van der Waals surface area contributed by atoms with Gasteiger partial charge in [0.2, 0.25) is 18.0 Å². The monoisotopic (exact) mass is 510 g/mol. The maximum absolute atomic E-state index is 12.2. The molecular formula is C20H19IN2O6. The molecular weight excluding hydrogens is 491 g/mol. The Bertz CT molecular complexity index is 991. The van der Waals surface area contributed by atoms with E-state index < -0.39 is 12.2 Å². The summed E-state index contributed by atoms with van der Waals surface area (Å²) in [6, 6.07) is 9.85. The molecule has 0 radical (unpaired) electrons. The van der Waals surface area contributed by atoms with Gasteiger partial charge in [-0.1, -0.05) is 0 Å². The average Bonchev–Trinajstić information content (AvgIpc) is 3.10. The van der Waals surface area contributed by atoms with Crippen LogP contribution >= 0.6 is 22.6 Å². The largest absolute Gasteiger partial charge is 0.504 e. The molecule has 0 fully saturated rings. The van der Waals surface area contributed by atoms with Crippen LogP contribution in [0.4, 0.5) is 0 Å². The molecule has 2 aromatic carbocycles. The minimum Gasteiger partial charge on any atom is -0.504 e. The van der Waals surface area contributed by atoms with Gasteiger partial charge in [-0.15, -0.1) is 5.10 Å². The highest BCUT2D eigenvalue weighted by Crippen LogP contribution is 2.37. The normalized spacial score (nSPS) is 15.5. The fourth-order valence-corrected chi connectivity index (χ4v) is 3.28. The molecule has 1 N–H and O–H groups in total. The first-order valence-electron chi connectivity index (χ1n) is 8.79. The summed E-state index contributed by atoms with van der Waals surface area (Å²) in [7, 11) is 0. The van der Waals surface area contributed by atoms with Gasteiger partial charge in [0.15, 0.2) is 11.5 Å². The molecule has 3 rings (SSSR count). The number of nitrogens with zero attached hydrogens (tertiary/aromatic N) is 2. The van der Waals surface area contributed by atoms with Crippen molar-refractivity contribution in [3.05, 3.63) is 51.1 Å². The van der Waals surface area contributed by atoms with Gasteiger partial charge in [-0.3, -0.25) is 9.59 Å². The lowest BCUT2D eigenvalue weighted by Gasteiger charge is -2.21. The Balaban J connectivity index is 2.00. The number of amides is 1. The van der Waals surface area contributed by atoms with Crippen molar-refractivity contribution in [1.29, 1.82) is 0 Å². The van der Waals surface area contributed by atoms with Crippen LogP contribution in [0.1, 0.15) is 38.1 Å². The van der Waals surface area contributed by atoms with Crippen molar-refractivity contribution in [3.8, 4) is 17.2 Å². The van der Waals surface area contributed by atoms with Gasteiger partial charge in [-0.25, -0.2) is 0 Å². The minimum atomic E-state index is -0.907. The van der Waals surface area contributed by atoms with Gasteiger partial charge in [0, 0.05) is 23.0 Å². The highest BCUT2D eigenvalue weighted by Gasteiger charge is 2.35. The molecule has 1 aliphatic heterocycles. The lowest BCUT2D eigenvalue weighted by molar-refractivity contribution is -0.135. The van der Waals surface area contributed by atoms with Crippen molar-refractivity contribution in [2.24, 2.45) is 5.10 Å². The van der Waals surface area contributed by atoms with Crippen LogP contribution in [-0.4, -0.2) is 34.5 Å². The Morgan fingerprint density at radius 1 is 1.21 bits per heavy atom. The maximum Gasteiger partial charge on any atom is 0.308 e. The van der Waals surface area contributed by atoms with E-state index in [9.17, 15) is 14.7 Å². The predicted molar refractivity (Wildman–Crippen MR) is 113 cm³/mol. The van der Waals surface area contributed by atoms with E-state index in [0.717, 1.165) is 3.57 Å². The number of aromatic hydroxyl groups is 1. The molecule has 29 heavy (non-hydrogen) atoms. The van der Waals surface area contributed by atoms with E-state index in [1.165, 1.54) is 24.9 Å². The summed E-state index contributed by atoms with van der Waals surface area (Å²) in [5, 5.41) is 15.4. The molecule has 1 aliphatic rings. The number of halogens is 1. The second kappa shape index (κ2) is 8.68. The number of phenolic OH excluding ortho intramolecular Hbond substituents is 1. The molecule has 9 heteroatoms. The molecule has 0 spiro atoms.